The van der Waals surface area contributed by atoms with E-state index in [1.54, 1.807) is 24.3 Å². The van der Waals surface area contributed by atoms with Crippen molar-refractivity contribution in [2.45, 2.75) is 12.0 Å². The lowest BCUT2D eigenvalue weighted by Gasteiger charge is -2.19. The molecular weight excluding hydrogens is 479 g/mol. The van der Waals surface area contributed by atoms with Crippen molar-refractivity contribution < 1.29 is 31.9 Å². The number of methoxy groups -OCH3 is 1. The van der Waals surface area contributed by atoms with Gasteiger partial charge in [-0.1, -0.05) is 5.10 Å². The number of hydrogen-bond acceptors (Lipinski definition) is 8. The van der Waals surface area contributed by atoms with Crippen LogP contribution in [0.15, 0.2) is 59.1 Å². The highest BCUT2D eigenvalue weighted by Crippen LogP contribution is 2.33. The summed E-state index contributed by atoms with van der Waals surface area (Å²) >= 11 is 0. The lowest BCUT2D eigenvalue weighted by Crippen LogP contribution is -2.33. The smallest absolute Gasteiger partial charge is 0.316 e. The van der Waals surface area contributed by atoms with Crippen molar-refractivity contribution in [3.63, 3.8) is 0 Å². The first kappa shape index (κ1) is 23.1. The summed E-state index contributed by atoms with van der Waals surface area (Å²) < 4.78 is 58.3. The van der Waals surface area contributed by atoms with Crippen LogP contribution < -0.4 is 20.1 Å². The van der Waals surface area contributed by atoms with Crippen molar-refractivity contribution in [3.05, 3.63) is 77.7 Å². The lowest BCUT2D eigenvalue weighted by atomic mass is 9.93. The topological polar surface area (TPSA) is 111 Å². The molecule has 184 valence electrons. The second-order valence-electron chi connectivity index (χ2n) is 7.83. The highest BCUT2D eigenvalue weighted by Gasteiger charge is 2.40. The second kappa shape index (κ2) is 9.56. The van der Waals surface area contributed by atoms with Crippen molar-refractivity contribution in [1.82, 2.24) is 20.5 Å². The molecule has 1 fully saturated rings. The summed E-state index contributed by atoms with van der Waals surface area (Å²) in [6.45, 7) is 0.0159. The molecule has 2 aromatic heterocycles. The van der Waals surface area contributed by atoms with Crippen molar-refractivity contribution >= 4 is 11.9 Å². The number of carbonyl (C=O) groups is 1. The first-order valence-electron chi connectivity index (χ1n) is 10.7. The quantitative estimate of drug-likeness (QED) is 0.394. The van der Waals surface area contributed by atoms with Crippen molar-refractivity contribution in [2.75, 3.05) is 19.0 Å². The van der Waals surface area contributed by atoms with Crippen molar-refractivity contribution in [2.24, 2.45) is 0 Å². The molecule has 36 heavy (non-hydrogen) atoms. The molecule has 3 heterocycles. The Balaban J connectivity index is 1.31. The summed E-state index contributed by atoms with van der Waals surface area (Å²) in [6, 6.07) is 10.2. The fourth-order valence-electron chi connectivity index (χ4n) is 3.83. The maximum Gasteiger partial charge on any atom is 0.316 e. The molecule has 0 spiro atoms. The number of nitrogens with zero attached hydrogens (tertiary/aromatic N) is 3. The van der Waals surface area contributed by atoms with Gasteiger partial charge in [0.1, 0.15) is 35.0 Å². The van der Waals surface area contributed by atoms with Crippen molar-refractivity contribution in [3.8, 4) is 28.8 Å². The van der Waals surface area contributed by atoms with E-state index >= 15 is 0 Å². The van der Waals surface area contributed by atoms with Crippen LogP contribution in [0.4, 0.5) is 19.2 Å². The molecule has 9 nitrogen and oxygen atoms in total. The number of pyridine rings is 1. The molecule has 0 saturated carbocycles. The number of hydrogen-bond donors (Lipinski definition) is 2. The van der Waals surface area contributed by atoms with Crippen LogP contribution in [-0.4, -0.2) is 40.8 Å². The van der Waals surface area contributed by atoms with Gasteiger partial charge in [0.25, 0.3) is 0 Å². The molecule has 1 aliphatic heterocycles. The molecule has 2 N–H and O–H groups in total. The summed E-state index contributed by atoms with van der Waals surface area (Å²) in [5, 5.41) is 13.2. The Hall–Kier alpha value is -4.61. The van der Waals surface area contributed by atoms with Crippen LogP contribution >= 0.6 is 0 Å². The zero-order valence-electron chi connectivity index (χ0n) is 18.7. The molecule has 0 bridgehead atoms. The molecular formula is C24H18F3N5O4. The van der Waals surface area contributed by atoms with E-state index in [1.165, 1.54) is 19.2 Å². The monoisotopic (exact) mass is 497 g/mol. The molecule has 1 unspecified atom stereocenters. The van der Waals surface area contributed by atoms with E-state index in [2.05, 4.69) is 25.8 Å². The minimum Gasteiger partial charge on any atom is -0.497 e. The molecule has 1 amide bonds. The van der Waals surface area contributed by atoms with Gasteiger partial charge in [0.05, 0.1) is 13.3 Å². The SMILES string of the molecule is COc1cc(F)c(C2CNC(=O)[C@@H]2Nc2nnc(-c3ccc(Oc4ccc(F)cn4)cc3)o2)c(F)c1. The molecule has 12 heteroatoms. The number of halogens is 3. The molecule has 4 aromatic rings. The van der Waals surface area contributed by atoms with E-state index in [0.717, 1.165) is 18.3 Å². The number of anilines is 1. The Morgan fingerprint density at radius 2 is 1.78 bits per heavy atom. The molecule has 2 aromatic carbocycles. The van der Waals surface area contributed by atoms with Gasteiger partial charge in [-0.05, 0) is 30.3 Å². The molecule has 2 atom stereocenters. The van der Waals surface area contributed by atoms with Crippen LogP contribution in [0, 0.1) is 17.5 Å². The third-order valence-corrected chi connectivity index (χ3v) is 5.57. The fraction of sp³-hybridized carbons (Fsp3) is 0.167. The fourth-order valence-corrected chi connectivity index (χ4v) is 3.83. The van der Waals surface area contributed by atoms with Gasteiger partial charge in [-0.15, -0.1) is 5.10 Å². The first-order valence-corrected chi connectivity index (χ1v) is 10.7. The highest BCUT2D eigenvalue weighted by atomic mass is 19.1. The number of carbonyl (C=O) groups excluding carboxylic acids is 1. The summed E-state index contributed by atoms with van der Waals surface area (Å²) in [7, 11) is 1.30. The van der Waals surface area contributed by atoms with Gasteiger partial charge in [0.2, 0.25) is 17.7 Å². The first-order chi connectivity index (χ1) is 17.4. The predicted octanol–water partition coefficient (Wildman–Crippen LogP) is 4.04. The van der Waals surface area contributed by atoms with E-state index in [1.807, 2.05) is 0 Å². The summed E-state index contributed by atoms with van der Waals surface area (Å²) in [4.78, 5) is 16.2. The van der Waals surface area contributed by atoms with E-state index in [-0.39, 0.29) is 35.6 Å². The van der Waals surface area contributed by atoms with Crippen molar-refractivity contribution in [1.29, 1.82) is 0 Å². The zero-order chi connectivity index (χ0) is 25.2. The molecule has 1 aliphatic rings. The Labute approximate surface area is 202 Å². The number of rotatable bonds is 7. The number of nitrogens with one attached hydrogen (secondary N) is 2. The number of benzene rings is 2. The van der Waals surface area contributed by atoms with Gasteiger partial charge in [0.15, 0.2) is 0 Å². The average molecular weight is 497 g/mol. The standard InChI is InChI=1S/C24H18F3N5O4/c1-34-15-8-17(26)20(18(27)9-15)16-11-29-22(33)21(16)30-24-32-31-23(36-24)12-2-5-14(6-3-12)35-19-7-4-13(25)10-28-19/h2-10,16,21H,11H2,1H3,(H,29,33)(H,30,32)/t16?,21-/m1/s1. The van der Waals surface area contributed by atoms with Gasteiger partial charge in [-0.3, -0.25) is 4.79 Å². The molecule has 1 saturated heterocycles. The normalized spacial score (nSPS) is 17.1. The van der Waals surface area contributed by atoms with E-state index < -0.39 is 35.3 Å². The summed E-state index contributed by atoms with van der Waals surface area (Å²) in [6.07, 6.45) is 1.04. The third kappa shape index (κ3) is 4.65. The molecule has 0 radical (unpaired) electrons. The Bertz CT molecular complexity index is 1370. The van der Waals surface area contributed by atoms with Gasteiger partial charge in [0, 0.05) is 41.8 Å². The van der Waals surface area contributed by atoms with Crippen LogP contribution in [0.5, 0.6) is 17.4 Å². The second-order valence-corrected chi connectivity index (χ2v) is 7.83. The van der Waals surface area contributed by atoms with Gasteiger partial charge in [-0.2, -0.15) is 0 Å². The Kier molecular flexibility index (Phi) is 6.15. The molecule has 0 aliphatic carbocycles. The van der Waals surface area contributed by atoms with Crippen LogP contribution in [0.25, 0.3) is 11.5 Å². The van der Waals surface area contributed by atoms with E-state index in [9.17, 15) is 18.0 Å². The largest absolute Gasteiger partial charge is 0.497 e. The van der Waals surface area contributed by atoms with Gasteiger partial charge >= 0.3 is 6.01 Å². The van der Waals surface area contributed by atoms with Crippen LogP contribution in [0.3, 0.4) is 0 Å². The van der Waals surface area contributed by atoms with Gasteiger partial charge < -0.3 is 24.5 Å². The third-order valence-electron chi connectivity index (χ3n) is 5.57. The van der Waals surface area contributed by atoms with Crippen LogP contribution in [0.1, 0.15) is 11.5 Å². The summed E-state index contributed by atoms with van der Waals surface area (Å²) in [5.41, 5.74) is 0.298. The minimum absolute atomic E-state index is 0.0159. The van der Waals surface area contributed by atoms with Gasteiger partial charge in [-0.25, -0.2) is 18.2 Å². The summed E-state index contributed by atoms with van der Waals surface area (Å²) in [5.74, 6) is -2.62. The Morgan fingerprint density at radius 3 is 2.44 bits per heavy atom. The Morgan fingerprint density at radius 1 is 1.03 bits per heavy atom. The lowest BCUT2D eigenvalue weighted by molar-refractivity contribution is -0.119. The van der Waals surface area contributed by atoms with E-state index in [4.69, 9.17) is 13.9 Å². The molecule has 5 rings (SSSR count). The van der Waals surface area contributed by atoms with E-state index in [0.29, 0.717) is 11.3 Å². The highest BCUT2D eigenvalue weighted by molar-refractivity contribution is 5.88. The van der Waals surface area contributed by atoms with Crippen LogP contribution in [0.2, 0.25) is 0 Å². The maximum absolute atomic E-state index is 14.6. The number of ether oxygens (including phenoxy) is 2. The van der Waals surface area contributed by atoms with Crippen LogP contribution in [-0.2, 0) is 4.79 Å². The zero-order valence-corrected chi connectivity index (χ0v) is 18.7. The number of aromatic nitrogens is 3. The average Bonchev–Trinajstić information content (AvgIpc) is 3.48. The predicted molar refractivity (Wildman–Crippen MR) is 120 cm³/mol. The maximum atomic E-state index is 14.6. The minimum atomic E-state index is -1.05. The number of amides is 1.